The molecule has 0 rings (SSSR count). The van der Waals surface area contributed by atoms with Crippen molar-refractivity contribution in [1.29, 1.82) is 0 Å². The van der Waals surface area contributed by atoms with Gasteiger partial charge < -0.3 is 0 Å². The van der Waals surface area contributed by atoms with Gasteiger partial charge >= 0.3 is 0 Å². The van der Waals surface area contributed by atoms with E-state index in [1.807, 2.05) is 0 Å². The van der Waals surface area contributed by atoms with Gasteiger partial charge in [0.25, 0.3) is 0 Å². The number of hydrogen-bond donors (Lipinski definition) is 0. The summed E-state index contributed by atoms with van der Waals surface area (Å²) in [6, 6.07) is 0. The van der Waals surface area contributed by atoms with Crippen LogP contribution in [0.4, 0.5) is 0 Å². The Balaban J connectivity index is 3.71. The maximum absolute atomic E-state index is 2.47. The molecule has 0 aromatic heterocycles. The van der Waals surface area contributed by atoms with Crippen LogP contribution in [-0.2, 0) is 0 Å². The van der Waals surface area contributed by atoms with Gasteiger partial charge in [0.1, 0.15) is 0 Å². The largest absolute Gasteiger partial charge is 0.0864 e. The molecule has 0 aliphatic rings. The molecule has 0 spiro atoms. The van der Waals surface area contributed by atoms with Crippen molar-refractivity contribution in [2.24, 2.45) is 0 Å². The second-order valence-corrected chi connectivity index (χ2v) is 7.43. The van der Waals surface area contributed by atoms with Gasteiger partial charge in [0.2, 0.25) is 0 Å². The van der Waals surface area contributed by atoms with Gasteiger partial charge in [-0.05, 0) is 77.1 Å². The quantitative estimate of drug-likeness (QED) is 0.135. The Labute approximate surface area is 147 Å². The Morgan fingerprint density at radius 1 is 0.667 bits per heavy atom. The molecule has 0 aromatic carbocycles. The van der Waals surface area contributed by atoms with Crippen LogP contribution in [0.2, 0.25) is 0 Å². The summed E-state index contributed by atoms with van der Waals surface area (Å²) in [6.45, 7) is 8.91. The third-order valence-corrected chi connectivity index (χ3v) is 4.47. The molecule has 1 heteroatoms. The molecule has 21 heavy (non-hydrogen) atoms. The Hall–Kier alpha value is -0.0500. The Bertz CT molecular complexity index is 330. The van der Waals surface area contributed by atoms with Crippen LogP contribution in [-0.4, -0.2) is 4.43 Å². The maximum atomic E-state index is 2.47. The molecule has 0 heterocycles. The second-order valence-electron chi connectivity index (χ2n) is 6.35. The summed E-state index contributed by atoms with van der Waals surface area (Å²) < 4.78 is 1.31. The molecule has 0 aliphatic heterocycles. The zero-order valence-corrected chi connectivity index (χ0v) is 16.8. The van der Waals surface area contributed by atoms with Crippen molar-refractivity contribution in [3.8, 4) is 0 Å². The molecule has 0 unspecified atom stereocenters. The van der Waals surface area contributed by atoms with Crippen molar-refractivity contribution in [2.45, 2.75) is 85.5 Å². The maximum Gasteiger partial charge on any atom is -0.000473 e. The van der Waals surface area contributed by atoms with Gasteiger partial charge in [-0.2, -0.15) is 0 Å². The van der Waals surface area contributed by atoms with Crippen molar-refractivity contribution in [1.82, 2.24) is 0 Å². The molecule has 0 radical (unpaired) electrons. The molecular formula is C20H35I. The minimum absolute atomic E-state index is 1.19. The molecule has 0 amide bonds. The summed E-state index contributed by atoms with van der Waals surface area (Å²) in [5.74, 6) is 0. The highest BCUT2D eigenvalue weighted by Crippen LogP contribution is 2.13. The number of halogens is 1. The number of unbranched alkanes of at least 4 members (excludes halogenated alkanes) is 4. The first-order chi connectivity index (χ1) is 10.1. The third kappa shape index (κ3) is 16.2. The fraction of sp³-hybridized carbons (Fsp3) is 0.700. The molecule has 0 saturated heterocycles. The minimum Gasteiger partial charge on any atom is -0.0864 e. The zero-order chi connectivity index (χ0) is 15.9. The van der Waals surface area contributed by atoms with E-state index >= 15 is 0 Å². The fourth-order valence-electron chi connectivity index (χ4n) is 2.28. The van der Waals surface area contributed by atoms with E-state index in [1.165, 1.54) is 67.8 Å². The average molecular weight is 402 g/mol. The molecular weight excluding hydrogens is 367 g/mol. The molecule has 0 aliphatic carbocycles. The van der Waals surface area contributed by atoms with Crippen LogP contribution in [0.3, 0.4) is 0 Å². The smallest absolute Gasteiger partial charge is 0.000473 e. The van der Waals surface area contributed by atoms with Crippen molar-refractivity contribution >= 4 is 22.6 Å². The standard InChI is InChI=1S/C20H35I/c1-18(2)12-10-14-20(4)16-11-15-19(3)13-8-6-5-7-9-17-21/h12-13,16H,5-11,14-15,17H2,1-4H3/b19-13+,20-16+. The lowest BCUT2D eigenvalue weighted by molar-refractivity contribution is 0.679. The van der Waals surface area contributed by atoms with Gasteiger partial charge in [0.15, 0.2) is 0 Å². The molecule has 0 saturated carbocycles. The Kier molecular flexibility index (Phi) is 14.8. The summed E-state index contributed by atoms with van der Waals surface area (Å²) in [5, 5.41) is 0. The minimum atomic E-state index is 1.19. The van der Waals surface area contributed by atoms with Crippen molar-refractivity contribution in [3.05, 3.63) is 34.9 Å². The molecule has 0 atom stereocenters. The summed E-state index contributed by atoms with van der Waals surface area (Å²) in [5.41, 5.74) is 4.54. The number of alkyl halides is 1. The average Bonchev–Trinajstić information content (AvgIpc) is 2.42. The van der Waals surface area contributed by atoms with Crippen molar-refractivity contribution in [3.63, 3.8) is 0 Å². The van der Waals surface area contributed by atoms with E-state index in [2.05, 4.69) is 68.5 Å². The molecule has 122 valence electrons. The SMILES string of the molecule is CC(C)=CCC/C(C)=C/CC/C(C)=C/CCCCCCI. The van der Waals surface area contributed by atoms with Gasteiger partial charge in [0, 0.05) is 0 Å². The summed E-state index contributed by atoms with van der Waals surface area (Å²) >= 11 is 2.47. The lowest BCUT2D eigenvalue weighted by atomic mass is 10.0. The van der Waals surface area contributed by atoms with E-state index < -0.39 is 0 Å². The van der Waals surface area contributed by atoms with Crippen molar-refractivity contribution < 1.29 is 0 Å². The van der Waals surface area contributed by atoms with Gasteiger partial charge in [-0.1, -0.05) is 70.4 Å². The number of hydrogen-bond acceptors (Lipinski definition) is 0. The van der Waals surface area contributed by atoms with Crippen LogP contribution < -0.4 is 0 Å². The lowest BCUT2D eigenvalue weighted by Crippen LogP contribution is -1.82. The van der Waals surface area contributed by atoms with Gasteiger partial charge in [-0.25, -0.2) is 0 Å². The van der Waals surface area contributed by atoms with Crippen LogP contribution in [0.15, 0.2) is 34.9 Å². The van der Waals surface area contributed by atoms with Crippen LogP contribution in [0.1, 0.15) is 85.5 Å². The van der Waals surface area contributed by atoms with E-state index in [-0.39, 0.29) is 0 Å². The highest BCUT2D eigenvalue weighted by molar-refractivity contribution is 14.1. The first kappa shape index (κ1) is 20.9. The summed E-state index contributed by atoms with van der Waals surface area (Å²) in [4.78, 5) is 0. The predicted molar refractivity (Wildman–Crippen MR) is 107 cm³/mol. The number of allylic oxidation sites excluding steroid dienone is 6. The predicted octanol–water partition coefficient (Wildman–Crippen LogP) is 7.79. The lowest BCUT2D eigenvalue weighted by Gasteiger charge is -2.02. The summed E-state index contributed by atoms with van der Waals surface area (Å²) in [7, 11) is 0. The first-order valence-electron chi connectivity index (χ1n) is 8.57. The molecule has 0 nitrogen and oxygen atoms in total. The number of rotatable bonds is 12. The van der Waals surface area contributed by atoms with Crippen LogP contribution in [0.5, 0.6) is 0 Å². The van der Waals surface area contributed by atoms with E-state index in [4.69, 9.17) is 0 Å². The Morgan fingerprint density at radius 2 is 1.19 bits per heavy atom. The van der Waals surface area contributed by atoms with E-state index in [1.54, 1.807) is 11.1 Å². The van der Waals surface area contributed by atoms with Crippen LogP contribution in [0.25, 0.3) is 0 Å². The van der Waals surface area contributed by atoms with Crippen molar-refractivity contribution in [2.75, 3.05) is 4.43 Å². The van der Waals surface area contributed by atoms with E-state index in [9.17, 15) is 0 Å². The highest BCUT2D eigenvalue weighted by Gasteiger charge is 1.93. The molecule has 0 aromatic rings. The topological polar surface area (TPSA) is 0 Å². The van der Waals surface area contributed by atoms with Gasteiger partial charge in [-0.3, -0.25) is 0 Å². The van der Waals surface area contributed by atoms with Gasteiger partial charge in [0.05, 0.1) is 0 Å². The van der Waals surface area contributed by atoms with E-state index in [0.29, 0.717) is 0 Å². The molecule has 0 fully saturated rings. The van der Waals surface area contributed by atoms with Crippen LogP contribution in [0, 0.1) is 0 Å². The van der Waals surface area contributed by atoms with Gasteiger partial charge in [-0.15, -0.1) is 0 Å². The Morgan fingerprint density at radius 3 is 1.76 bits per heavy atom. The normalized spacial score (nSPS) is 12.6. The first-order valence-corrected chi connectivity index (χ1v) is 10.1. The summed E-state index contributed by atoms with van der Waals surface area (Å²) in [6.07, 6.45) is 18.9. The fourth-order valence-corrected chi connectivity index (χ4v) is 2.82. The third-order valence-electron chi connectivity index (χ3n) is 3.70. The van der Waals surface area contributed by atoms with E-state index in [0.717, 1.165) is 0 Å². The molecule has 0 bridgehead atoms. The highest BCUT2D eigenvalue weighted by atomic mass is 127. The monoisotopic (exact) mass is 402 g/mol. The molecule has 0 N–H and O–H groups in total. The van der Waals surface area contributed by atoms with Crippen LogP contribution >= 0.6 is 22.6 Å². The zero-order valence-electron chi connectivity index (χ0n) is 14.7. The second kappa shape index (κ2) is 14.9.